The number of carbonyl (C=O) groups is 1. The molecule has 1 heterocycles. The van der Waals surface area contributed by atoms with Crippen LogP contribution in [0, 0.1) is 0 Å². The predicted octanol–water partition coefficient (Wildman–Crippen LogP) is 2.02. The summed E-state index contributed by atoms with van der Waals surface area (Å²) in [7, 11) is -0.722. The molecule has 0 amide bonds. The van der Waals surface area contributed by atoms with Crippen molar-refractivity contribution in [2.24, 2.45) is 0 Å². The van der Waals surface area contributed by atoms with Gasteiger partial charge >= 0.3 is 5.97 Å². The molecule has 0 spiro atoms. The monoisotopic (exact) mass is 170 g/mol. The summed E-state index contributed by atoms with van der Waals surface area (Å²) < 4.78 is 0. The summed E-state index contributed by atoms with van der Waals surface area (Å²) in [6.07, 6.45) is 1.93. The third kappa shape index (κ3) is 1.74. The molecule has 1 aliphatic rings. The molecular weight excluding hydrogens is 160 g/mol. The van der Waals surface area contributed by atoms with E-state index in [1.807, 2.05) is 23.8 Å². The van der Waals surface area contributed by atoms with E-state index in [-0.39, 0.29) is 0 Å². The minimum atomic E-state index is -0.897. The van der Waals surface area contributed by atoms with Crippen LogP contribution in [0.5, 0.6) is 0 Å². The predicted molar refractivity (Wildman–Crippen MR) is 48.7 cm³/mol. The molecule has 1 unspecified atom stereocenters. The number of aliphatic carboxylic acids is 1. The van der Waals surface area contributed by atoms with E-state index in [9.17, 15) is 4.79 Å². The van der Waals surface area contributed by atoms with Gasteiger partial charge in [-0.05, 0) is 23.3 Å². The summed E-state index contributed by atoms with van der Waals surface area (Å²) in [5.74, 6) is -0.897. The average Bonchev–Trinajstić information content (AvgIpc) is 2.34. The largest absolute Gasteiger partial charge is 0.477 e. The molecule has 1 N–H and O–H groups in total. The van der Waals surface area contributed by atoms with Gasteiger partial charge in [0.15, 0.2) is 0 Å². The standard InChI is InChI=1S/C8H10O2S/c1-6-3-4-11(5-6)7(2)8(9)10/h3-5,11H,2H2,1H3,(H,9,10). The highest BCUT2D eigenvalue weighted by molar-refractivity contribution is 8.26. The van der Waals surface area contributed by atoms with E-state index in [2.05, 4.69) is 6.58 Å². The van der Waals surface area contributed by atoms with Gasteiger partial charge in [0.05, 0.1) is 4.91 Å². The van der Waals surface area contributed by atoms with E-state index in [1.54, 1.807) is 0 Å². The number of hydrogen-bond acceptors (Lipinski definition) is 1. The van der Waals surface area contributed by atoms with Crippen molar-refractivity contribution in [3.63, 3.8) is 0 Å². The zero-order valence-corrected chi connectivity index (χ0v) is 7.14. The van der Waals surface area contributed by atoms with Crippen LogP contribution in [0.1, 0.15) is 6.92 Å². The third-order valence-electron chi connectivity index (χ3n) is 1.40. The number of rotatable bonds is 2. The maximum absolute atomic E-state index is 10.4. The summed E-state index contributed by atoms with van der Waals surface area (Å²) in [6.45, 7) is 5.46. The zero-order chi connectivity index (χ0) is 8.43. The fraction of sp³-hybridized carbons (Fsp3) is 0.125. The van der Waals surface area contributed by atoms with Crippen molar-refractivity contribution in [2.45, 2.75) is 6.92 Å². The minimum absolute atomic E-state index is 0.299. The molecule has 0 saturated carbocycles. The second-order valence-electron chi connectivity index (χ2n) is 2.35. The highest BCUT2D eigenvalue weighted by Crippen LogP contribution is 2.42. The number of hydrogen-bond donors (Lipinski definition) is 2. The van der Waals surface area contributed by atoms with Crippen molar-refractivity contribution in [2.75, 3.05) is 0 Å². The summed E-state index contributed by atoms with van der Waals surface area (Å²) in [5.41, 5.74) is 1.12. The molecule has 1 atom stereocenters. The Kier molecular flexibility index (Phi) is 2.19. The molecule has 2 nitrogen and oxygen atoms in total. The summed E-state index contributed by atoms with van der Waals surface area (Å²) in [4.78, 5) is 10.7. The Labute approximate surface area is 68.3 Å². The Hall–Kier alpha value is -0.960. The van der Waals surface area contributed by atoms with E-state index >= 15 is 0 Å². The summed E-state index contributed by atoms with van der Waals surface area (Å²) in [6, 6.07) is 0. The molecule has 0 aliphatic carbocycles. The SMILES string of the molecule is C=C(C(=O)O)[SH]1C=CC(C)=C1. The van der Waals surface area contributed by atoms with Crippen molar-refractivity contribution in [1.82, 2.24) is 0 Å². The lowest BCUT2D eigenvalue weighted by Gasteiger charge is -2.07. The first-order valence-electron chi connectivity index (χ1n) is 3.18. The average molecular weight is 170 g/mol. The van der Waals surface area contributed by atoms with Gasteiger partial charge in [-0.15, -0.1) is 0 Å². The van der Waals surface area contributed by atoms with Gasteiger partial charge in [0.1, 0.15) is 0 Å². The molecule has 0 bridgehead atoms. The number of allylic oxidation sites excluding steroid dienone is 2. The topological polar surface area (TPSA) is 37.3 Å². The number of thiol groups is 1. The molecular formula is C8H10O2S. The van der Waals surface area contributed by atoms with Crippen molar-refractivity contribution in [1.29, 1.82) is 0 Å². The Balaban J connectivity index is 2.73. The Morgan fingerprint density at radius 2 is 2.36 bits per heavy atom. The second kappa shape index (κ2) is 2.96. The van der Waals surface area contributed by atoms with Crippen LogP contribution in [0.2, 0.25) is 0 Å². The van der Waals surface area contributed by atoms with Gasteiger partial charge in [-0.2, -0.15) is 10.9 Å². The first kappa shape index (κ1) is 8.14. The molecule has 3 heteroatoms. The zero-order valence-electron chi connectivity index (χ0n) is 6.24. The van der Waals surface area contributed by atoms with E-state index < -0.39 is 16.9 Å². The molecule has 1 aliphatic heterocycles. The van der Waals surface area contributed by atoms with E-state index in [0.717, 1.165) is 5.57 Å². The highest BCUT2D eigenvalue weighted by Gasteiger charge is 2.12. The highest BCUT2D eigenvalue weighted by atomic mass is 32.2. The first-order chi connectivity index (χ1) is 5.11. The molecule has 0 aromatic carbocycles. The lowest BCUT2D eigenvalue weighted by atomic mass is 10.4. The van der Waals surface area contributed by atoms with Crippen molar-refractivity contribution >= 4 is 16.9 Å². The van der Waals surface area contributed by atoms with Crippen LogP contribution in [0.25, 0.3) is 0 Å². The van der Waals surface area contributed by atoms with Crippen molar-refractivity contribution in [3.8, 4) is 0 Å². The van der Waals surface area contributed by atoms with Crippen LogP contribution in [-0.4, -0.2) is 11.1 Å². The molecule has 11 heavy (non-hydrogen) atoms. The second-order valence-corrected chi connectivity index (χ2v) is 4.26. The molecule has 0 fully saturated rings. The van der Waals surface area contributed by atoms with Gasteiger partial charge in [-0.1, -0.05) is 12.7 Å². The van der Waals surface area contributed by atoms with Gasteiger partial charge in [-0.3, -0.25) is 0 Å². The normalized spacial score (nSPS) is 24.8. The number of carboxylic acids is 1. The van der Waals surface area contributed by atoms with Crippen LogP contribution in [0.15, 0.2) is 33.9 Å². The quantitative estimate of drug-likeness (QED) is 0.491. The fourth-order valence-corrected chi connectivity index (χ4v) is 2.34. The Bertz CT molecular complexity index is 263. The fourth-order valence-electron chi connectivity index (χ4n) is 0.782. The van der Waals surface area contributed by atoms with Gasteiger partial charge < -0.3 is 5.11 Å². The maximum atomic E-state index is 10.4. The van der Waals surface area contributed by atoms with Crippen LogP contribution in [-0.2, 0) is 4.79 Å². The van der Waals surface area contributed by atoms with E-state index in [1.165, 1.54) is 0 Å². The molecule has 0 saturated heterocycles. The van der Waals surface area contributed by atoms with Crippen LogP contribution in [0.3, 0.4) is 0 Å². The summed E-state index contributed by atoms with van der Waals surface area (Å²) >= 11 is 0. The molecule has 0 aromatic rings. The van der Waals surface area contributed by atoms with Crippen LogP contribution < -0.4 is 0 Å². The third-order valence-corrected chi connectivity index (χ3v) is 3.37. The van der Waals surface area contributed by atoms with Crippen molar-refractivity contribution < 1.29 is 9.90 Å². The minimum Gasteiger partial charge on any atom is -0.477 e. The molecule has 1 rings (SSSR count). The lowest BCUT2D eigenvalue weighted by Crippen LogP contribution is -1.96. The number of carboxylic acid groups (broad SMARTS) is 1. The van der Waals surface area contributed by atoms with Gasteiger partial charge in [-0.25, -0.2) is 4.79 Å². The Morgan fingerprint density at radius 3 is 2.73 bits per heavy atom. The van der Waals surface area contributed by atoms with E-state index in [0.29, 0.717) is 4.91 Å². The van der Waals surface area contributed by atoms with Crippen LogP contribution in [0.4, 0.5) is 0 Å². The smallest absolute Gasteiger partial charge is 0.340 e. The van der Waals surface area contributed by atoms with Crippen LogP contribution >= 0.6 is 10.9 Å². The van der Waals surface area contributed by atoms with E-state index in [4.69, 9.17) is 5.11 Å². The van der Waals surface area contributed by atoms with Gasteiger partial charge in [0.2, 0.25) is 0 Å². The van der Waals surface area contributed by atoms with Gasteiger partial charge in [0.25, 0.3) is 0 Å². The lowest BCUT2D eigenvalue weighted by molar-refractivity contribution is -0.131. The first-order valence-corrected chi connectivity index (χ1v) is 4.66. The molecule has 0 radical (unpaired) electrons. The Morgan fingerprint density at radius 1 is 1.73 bits per heavy atom. The molecule has 0 aromatic heterocycles. The van der Waals surface area contributed by atoms with Gasteiger partial charge in [0, 0.05) is 0 Å². The molecule has 60 valence electrons. The van der Waals surface area contributed by atoms with Crippen molar-refractivity contribution in [3.05, 3.63) is 33.9 Å². The summed E-state index contributed by atoms with van der Waals surface area (Å²) in [5, 5.41) is 12.4. The maximum Gasteiger partial charge on any atom is 0.340 e.